The monoisotopic (exact) mass is 498 g/mol. The maximum Gasteiger partial charge on any atom is 0.260 e. The van der Waals surface area contributed by atoms with Gasteiger partial charge in [0.05, 0.1) is 16.1 Å². The number of nitrogens with zero attached hydrogens (tertiary/aromatic N) is 4. The van der Waals surface area contributed by atoms with Crippen LogP contribution in [0.2, 0.25) is 0 Å². The number of pyridine rings is 1. The van der Waals surface area contributed by atoms with E-state index >= 15 is 0 Å². The molecule has 4 aromatic rings. The summed E-state index contributed by atoms with van der Waals surface area (Å²) in [6.07, 6.45) is 3.28. The second-order valence-corrected chi connectivity index (χ2v) is 11.0. The second-order valence-electron chi connectivity index (χ2n) is 7.97. The maximum atomic E-state index is 14.3. The van der Waals surface area contributed by atoms with Crippen molar-refractivity contribution in [3.63, 3.8) is 0 Å². The molecular formula is C24H23FN4O3S2. The van der Waals surface area contributed by atoms with Crippen LogP contribution in [0, 0.1) is 5.82 Å². The Hall–Kier alpha value is -3.21. The van der Waals surface area contributed by atoms with Crippen LogP contribution in [0.25, 0.3) is 10.2 Å². The lowest BCUT2D eigenvalue weighted by molar-refractivity contribution is 0.0985. The summed E-state index contributed by atoms with van der Waals surface area (Å²) in [5, 5.41) is 0.338. The van der Waals surface area contributed by atoms with Gasteiger partial charge in [-0.25, -0.2) is 17.8 Å². The first-order valence-corrected chi connectivity index (χ1v) is 12.8. The second kappa shape index (κ2) is 9.57. The fourth-order valence-corrected chi connectivity index (χ4v) is 5.63. The molecule has 0 unspecified atom stereocenters. The lowest BCUT2D eigenvalue weighted by atomic mass is 10.2. The van der Waals surface area contributed by atoms with E-state index in [1.54, 1.807) is 44.4 Å². The minimum atomic E-state index is -3.68. The van der Waals surface area contributed by atoms with Crippen LogP contribution in [-0.4, -0.2) is 41.7 Å². The van der Waals surface area contributed by atoms with Crippen molar-refractivity contribution < 1.29 is 17.6 Å². The van der Waals surface area contributed by atoms with Gasteiger partial charge in [-0.15, -0.1) is 0 Å². The molecule has 0 aliphatic rings. The summed E-state index contributed by atoms with van der Waals surface area (Å²) in [5.74, 6) is -0.845. The molecule has 0 radical (unpaired) electrons. The molecule has 0 saturated heterocycles. The average molecular weight is 499 g/mol. The van der Waals surface area contributed by atoms with E-state index in [1.807, 2.05) is 6.07 Å². The molecule has 0 spiro atoms. The summed E-state index contributed by atoms with van der Waals surface area (Å²) in [4.78, 5) is 23.6. The van der Waals surface area contributed by atoms with E-state index in [1.165, 1.54) is 57.9 Å². The van der Waals surface area contributed by atoms with Crippen LogP contribution in [0.5, 0.6) is 0 Å². The zero-order valence-corrected chi connectivity index (χ0v) is 20.5. The van der Waals surface area contributed by atoms with E-state index in [9.17, 15) is 17.6 Å². The highest BCUT2D eigenvalue weighted by atomic mass is 32.2. The molecule has 176 valence electrons. The van der Waals surface area contributed by atoms with Gasteiger partial charge in [0.15, 0.2) is 5.13 Å². The van der Waals surface area contributed by atoms with Gasteiger partial charge in [0.25, 0.3) is 5.91 Å². The number of rotatable bonds is 7. The smallest absolute Gasteiger partial charge is 0.260 e. The summed E-state index contributed by atoms with van der Waals surface area (Å²) in [6.45, 7) is 3.74. The molecule has 0 atom stereocenters. The summed E-state index contributed by atoms with van der Waals surface area (Å²) in [6, 6.07) is 13.9. The van der Waals surface area contributed by atoms with Gasteiger partial charge in [0.1, 0.15) is 11.3 Å². The van der Waals surface area contributed by atoms with E-state index in [4.69, 9.17) is 0 Å². The minimum Gasteiger partial charge on any atom is -0.279 e. The van der Waals surface area contributed by atoms with Crippen molar-refractivity contribution in [1.82, 2.24) is 14.3 Å². The number of amides is 1. The molecule has 4 rings (SSSR count). The third-order valence-electron chi connectivity index (χ3n) is 5.40. The van der Waals surface area contributed by atoms with Crippen molar-refractivity contribution in [2.24, 2.45) is 0 Å². The first kappa shape index (κ1) is 23.9. The number of sulfonamides is 1. The van der Waals surface area contributed by atoms with E-state index in [-0.39, 0.29) is 34.5 Å². The van der Waals surface area contributed by atoms with Crippen molar-refractivity contribution in [2.75, 3.05) is 11.9 Å². The summed E-state index contributed by atoms with van der Waals surface area (Å²) < 4.78 is 41.7. The van der Waals surface area contributed by atoms with E-state index in [0.717, 1.165) is 5.56 Å². The lowest BCUT2D eigenvalue weighted by Crippen LogP contribution is -2.33. The third-order valence-corrected chi connectivity index (χ3v) is 8.49. The molecule has 0 bridgehead atoms. The Kier molecular flexibility index (Phi) is 6.74. The fraction of sp³-hybridized carbons (Fsp3) is 0.208. The molecule has 1 amide bonds. The van der Waals surface area contributed by atoms with Crippen molar-refractivity contribution in [3.05, 3.63) is 83.9 Å². The molecule has 34 heavy (non-hydrogen) atoms. The van der Waals surface area contributed by atoms with Crippen LogP contribution < -0.4 is 4.90 Å². The molecule has 0 fully saturated rings. The molecule has 7 nitrogen and oxygen atoms in total. The van der Waals surface area contributed by atoms with Crippen molar-refractivity contribution in [3.8, 4) is 0 Å². The van der Waals surface area contributed by atoms with Crippen molar-refractivity contribution >= 4 is 42.6 Å². The number of hydrogen-bond donors (Lipinski definition) is 0. The molecule has 10 heteroatoms. The lowest BCUT2D eigenvalue weighted by Gasteiger charge is -2.22. The van der Waals surface area contributed by atoms with Gasteiger partial charge in [-0.3, -0.25) is 14.7 Å². The van der Waals surface area contributed by atoms with E-state index in [0.29, 0.717) is 9.83 Å². The van der Waals surface area contributed by atoms with E-state index < -0.39 is 15.8 Å². The fourth-order valence-electron chi connectivity index (χ4n) is 3.29. The molecular weight excluding hydrogens is 475 g/mol. The van der Waals surface area contributed by atoms with Crippen molar-refractivity contribution in [1.29, 1.82) is 0 Å². The van der Waals surface area contributed by atoms with Crippen LogP contribution in [0.3, 0.4) is 0 Å². The topological polar surface area (TPSA) is 83.5 Å². The highest BCUT2D eigenvalue weighted by Crippen LogP contribution is 2.32. The van der Waals surface area contributed by atoms with Crippen molar-refractivity contribution in [2.45, 2.75) is 31.3 Å². The van der Waals surface area contributed by atoms with Gasteiger partial charge < -0.3 is 0 Å². The predicted molar refractivity (Wildman–Crippen MR) is 131 cm³/mol. The normalized spacial score (nSPS) is 11.9. The quantitative estimate of drug-likeness (QED) is 0.369. The Balaban J connectivity index is 1.71. The van der Waals surface area contributed by atoms with Gasteiger partial charge in [0.2, 0.25) is 10.0 Å². The molecule has 0 N–H and O–H groups in total. The Labute approximate surface area is 201 Å². The minimum absolute atomic E-state index is 0.0983. The van der Waals surface area contributed by atoms with Crippen LogP contribution in [0.15, 0.2) is 71.9 Å². The number of hydrogen-bond acceptors (Lipinski definition) is 6. The van der Waals surface area contributed by atoms with Gasteiger partial charge in [-0.1, -0.05) is 23.5 Å². The molecule has 0 aliphatic carbocycles. The van der Waals surface area contributed by atoms with Crippen LogP contribution in [0.4, 0.5) is 9.52 Å². The number of aromatic nitrogens is 2. The zero-order valence-electron chi connectivity index (χ0n) is 18.8. The molecule has 2 heterocycles. The van der Waals surface area contributed by atoms with Gasteiger partial charge in [-0.2, -0.15) is 4.31 Å². The number of carbonyl (C=O) groups excluding carboxylic acids is 1. The standard InChI is InChI=1S/C24H23FN4O3S2/c1-16(2)28(3)34(31,32)19-11-9-18(10-12-19)23(30)29(15-17-6-5-13-26-14-17)24-27-22-20(25)7-4-8-21(22)33-24/h4-14,16H,15H2,1-3H3. The molecule has 2 aromatic heterocycles. The van der Waals surface area contributed by atoms with Gasteiger partial charge >= 0.3 is 0 Å². The summed E-state index contributed by atoms with van der Waals surface area (Å²) in [5.41, 5.74) is 1.26. The third kappa shape index (κ3) is 4.70. The van der Waals surface area contributed by atoms with Gasteiger partial charge in [-0.05, 0) is 61.9 Å². The van der Waals surface area contributed by atoms with Gasteiger partial charge in [0, 0.05) is 31.0 Å². The number of para-hydroxylation sites is 1. The Bertz CT molecular complexity index is 1420. The van der Waals surface area contributed by atoms with Crippen LogP contribution >= 0.6 is 11.3 Å². The Morgan fingerprint density at radius 1 is 1.09 bits per heavy atom. The zero-order chi connectivity index (χ0) is 24.5. The molecule has 0 saturated carbocycles. The number of benzene rings is 2. The number of halogens is 1. The molecule has 0 aliphatic heterocycles. The highest BCUT2D eigenvalue weighted by molar-refractivity contribution is 7.89. The number of carbonyl (C=O) groups is 1. The predicted octanol–water partition coefficient (Wildman–Crippen LogP) is 4.71. The largest absolute Gasteiger partial charge is 0.279 e. The Morgan fingerprint density at radius 3 is 2.44 bits per heavy atom. The van der Waals surface area contributed by atoms with Crippen LogP contribution in [-0.2, 0) is 16.6 Å². The number of fused-ring (bicyclic) bond motifs is 1. The summed E-state index contributed by atoms with van der Waals surface area (Å²) >= 11 is 1.21. The van der Waals surface area contributed by atoms with Crippen LogP contribution in [0.1, 0.15) is 29.8 Å². The SMILES string of the molecule is CC(C)N(C)S(=O)(=O)c1ccc(C(=O)N(Cc2cccnc2)c2nc3c(F)cccc3s2)cc1. The first-order valence-electron chi connectivity index (χ1n) is 10.5. The maximum absolute atomic E-state index is 14.3. The number of anilines is 1. The Morgan fingerprint density at radius 2 is 1.82 bits per heavy atom. The highest BCUT2D eigenvalue weighted by Gasteiger charge is 2.26. The number of thiazole rings is 1. The molecule has 2 aromatic carbocycles. The summed E-state index contributed by atoms with van der Waals surface area (Å²) in [7, 11) is -2.16. The van der Waals surface area contributed by atoms with E-state index in [2.05, 4.69) is 9.97 Å². The first-order chi connectivity index (χ1) is 16.2. The average Bonchev–Trinajstić information content (AvgIpc) is 3.27.